The Kier molecular flexibility index (Phi) is 2.55. The molecule has 1 saturated heterocycles. The van der Waals surface area contributed by atoms with Gasteiger partial charge in [-0.15, -0.1) is 0 Å². The Hall–Kier alpha value is -2.33. The van der Waals surface area contributed by atoms with E-state index in [0.29, 0.717) is 11.8 Å². The number of hydrogen-bond donors (Lipinski definition) is 1. The van der Waals surface area contributed by atoms with Crippen LogP contribution in [0.25, 0.3) is 22.3 Å². The lowest BCUT2D eigenvalue weighted by Crippen LogP contribution is -2.28. The molecule has 1 aromatic carbocycles. The van der Waals surface area contributed by atoms with Gasteiger partial charge >= 0.3 is 0 Å². The molecule has 4 nitrogen and oxygen atoms in total. The van der Waals surface area contributed by atoms with E-state index in [9.17, 15) is 0 Å². The molecule has 108 valence electrons. The first-order chi connectivity index (χ1) is 10.9. The number of pyridine rings is 1. The number of fused-ring (bicyclic) bond motifs is 6. The Labute approximate surface area is 128 Å². The number of nitrogens with zero attached hydrogens (tertiary/aromatic N) is 3. The minimum atomic E-state index is 0.643. The van der Waals surface area contributed by atoms with Crippen molar-refractivity contribution in [3.63, 3.8) is 0 Å². The number of benzene rings is 1. The van der Waals surface area contributed by atoms with E-state index in [1.54, 1.807) is 12.4 Å². The van der Waals surface area contributed by atoms with Crippen LogP contribution in [-0.4, -0.2) is 28.0 Å². The zero-order chi connectivity index (χ0) is 14.5. The molecule has 2 bridgehead atoms. The van der Waals surface area contributed by atoms with Crippen molar-refractivity contribution in [2.75, 3.05) is 13.1 Å². The Morgan fingerprint density at radius 2 is 1.68 bits per heavy atom. The highest BCUT2D eigenvalue weighted by molar-refractivity contribution is 5.79. The third kappa shape index (κ3) is 1.77. The molecular weight excluding hydrogens is 272 g/mol. The molecular formula is C18H16N4. The summed E-state index contributed by atoms with van der Waals surface area (Å²) >= 11 is 0. The molecule has 5 rings (SSSR count). The quantitative estimate of drug-likeness (QED) is 0.748. The van der Waals surface area contributed by atoms with Crippen LogP contribution in [0, 0.1) is 0 Å². The maximum Gasteiger partial charge on any atom is 0.0897 e. The summed E-state index contributed by atoms with van der Waals surface area (Å²) in [7, 11) is 0. The fourth-order valence-corrected chi connectivity index (χ4v) is 3.88. The van der Waals surface area contributed by atoms with E-state index in [-0.39, 0.29) is 0 Å². The fraction of sp³-hybridized carbons (Fsp3) is 0.278. The minimum Gasteiger partial charge on any atom is -0.316 e. The molecule has 1 fully saturated rings. The highest BCUT2D eigenvalue weighted by atomic mass is 14.9. The molecule has 0 amide bonds. The van der Waals surface area contributed by atoms with Crippen molar-refractivity contribution in [2.24, 2.45) is 0 Å². The van der Waals surface area contributed by atoms with Crippen LogP contribution >= 0.6 is 0 Å². The van der Waals surface area contributed by atoms with Crippen molar-refractivity contribution in [3.8, 4) is 11.3 Å². The van der Waals surface area contributed by atoms with Crippen molar-refractivity contribution >= 4 is 11.0 Å². The predicted octanol–water partition coefficient (Wildman–Crippen LogP) is 2.87. The maximum atomic E-state index is 4.83. The smallest absolute Gasteiger partial charge is 0.0897 e. The van der Waals surface area contributed by atoms with Crippen LogP contribution in [0.1, 0.15) is 29.4 Å². The normalized spacial score (nSPS) is 22.7. The van der Waals surface area contributed by atoms with Crippen LogP contribution in [-0.2, 0) is 0 Å². The second-order valence-corrected chi connectivity index (χ2v) is 6.25. The van der Waals surface area contributed by atoms with Crippen molar-refractivity contribution in [1.82, 2.24) is 20.3 Å². The lowest BCUT2D eigenvalue weighted by atomic mass is 9.98. The van der Waals surface area contributed by atoms with Crippen LogP contribution in [0.15, 0.2) is 42.9 Å². The third-order valence-electron chi connectivity index (χ3n) is 4.95. The van der Waals surface area contributed by atoms with Crippen LogP contribution in [0.5, 0.6) is 0 Å². The van der Waals surface area contributed by atoms with E-state index >= 15 is 0 Å². The van der Waals surface area contributed by atoms with Gasteiger partial charge < -0.3 is 5.32 Å². The number of hydrogen-bond acceptors (Lipinski definition) is 4. The molecule has 2 aromatic heterocycles. The van der Waals surface area contributed by atoms with Gasteiger partial charge in [0, 0.05) is 31.0 Å². The fourth-order valence-electron chi connectivity index (χ4n) is 3.88. The van der Waals surface area contributed by atoms with E-state index in [1.165, 1.54) is 17.5 Å². The topological polar surface area (TPSA) is 50.7 Å². The van der Waals surface area contributed by atoms with Gasteiger partial charge in [0.05, 0.1) is 22.9 Å². The van der Waals surface area contributed by atoms with Crippen molar-refractivity contribution in [1.29, 1.82) is 0 Å². The standard InChI is InChI=1S/C18H16N4/c1-3-19-4-2-11(1)18-10-21-16-6-14-12-5-13(9-20-8-12)15(14)7-17(16)22-18/h1-4,6-7,10,12-13,20H,5,8-9H2. The lowest BCUT2D eigenvalue weighted by molar-refractivity contribution is 0.454. The van der Waals surface area contributed by atoms with Gasteiger partial charge in [-0.3, -0.25) is 9.97 Å². The summed E-state index contributed by atoms with van der Waals surface area (Å²) in [6.07, 6.45) is 6.72. The van der Waals surface area contributed by atoms with Gasteiger partial charge in [-0.1, -0.05) is 0 Å². The van der Waals surface area contributed by atoms with Crippen LogP contribution in [0.2, 0.25) is 0 Å². The van der Waals surface area contributed by atoms with E-state index in [4.69, 9.17) is 4.98 Å². The molecule has 0 spiro atoms. The molecule has 3 aromatic rings. The summed E-state index contributed by atoms with van der Waals surface area (Å²) in [5.41, 5.74) is 6.93. The van der Waals surface area contributed by atoms with E-state index in [2.05, 4.69) is 27.4 Å². The average Bonchev–Trinajstić information content (AvgIpc) is 2.83. The van der Waals surface area contributed by atoms with Gasteiger partial charge in [0.25, 0.3) is 0 Å². The second-order valence-electron chi connectivity index (χ2n) is 6.25. The number of nitrogens with one attached hydrogen (secondary N) is 1. The molecule has 0 radical (unpaired) electrons. The zero-order valence-electron chi connectivity index (χ0n) is 12.2. The monoisotopic (exact) mass is 288 g/mol. The molecule has 1 aliphatic heterocycles. The molecule has 2 aliphatic rings. The van der Waals surface area contributed by atoms with Crippen molar-refractivity contribution in [3.05, 3.63) is 54.0 Å². The van der Waals surface area contributed by atoms with Crippen LogP contribution < -0.4 is 5.32 Å². The zero-order valence-corrected chi connectivity index (χ0v) is 12.2. The van der Waals surface area contributed by atoms with Gasteiger partial charge in [0.1, 0.15) is 0 Å². The SMILES string of the molecule is c1cc(-c2cnc3cc4c(cc3n2)C2CNCC4C2)ccn1. The molecule has 0 saturated carbocycles. The van der Waals surface area contributed by atoms with Gasteiger partial charge in [-0.25, -0.2) is 4.98 Å². The highest BCUT2D eigenvalue weighted by Gasteiger charge is 2.34. The first kappa shape index (κ1) is 12.2. The second kappa shape index (κ2) is 4.58. The number of piperidine rings is 1. The predicted molar refractivity (Wildman–Crippen MR) is 85.7 cm³/mol. The van der Waals surface area contributed by atoms with E-state index < -0.39 is 0 Å². The largest absolute Gasteiger partial charge is 0.316 e. The van der Waals surface area contributed by atoms with Crippen LogP contribution in [0.4, 0.5) is 0 Å². The summed E-state index contributed by atoms with van der Waals surface area (Å²) in [4.78, 5) is 13.5. The Morgan fingerprint density at radius 1 is 0.955 bits per heavy atom. The first-order valence-corrected chi connectivity index (χ1v) is 7.80. The summed E-state index contributed by atoms with van der Waals surface area (Å²) in [5, 5.41) is 3.54. The number of rotatable bonds is 1. The summed E-state index contributed by atoms with van der Waals surface area (Å²) in [5.74, 6) is 1.30. The molecule has 22 heavy (non-hydrogen) atoms. The van der Waals surface area contributed by atoms with Crippen molar-refractivity contribution in [2.45, 2.75) is 18.3 Å². The van der Waals surface area contributed by atoms with Gasteiger partial charge in [-0.05, 0) is 53.6 Å². The highest BCUT2D eigenvalue weighted by Crippen LogP contribution is 2.44. The lowest BCUT2D eigenvalue weighted by Gasteiger charge is -2.19. The Bertz CT molecular complexity index is 860. The number of aromatic nitrogens is 3. The van der Waals surface area contributed by atoms with Crippen LogP contribution in [0.3, 0.4) is 0 Å². The molecule has 2 atom stereocenters. The molecule has 1 N–H and O–H groups in total. The molecule has 4 heteroatoms. The minimum absolute atomic E-state index is 0.643. The van der Waals surface area contributed by atoms with E-state index in [1.807, 2.05) is 18.3 Å². The Morgan fingerprint density at radius 3 is 2.45 bits per heavy atom. The van der Waals surface area contributed by atoms with Gasteiger partial charge in [-0.2, -0.15) is 0 Å². The summed E-state index contributed by atoms with van der Waals surface area (Å²) < 4.78 is 0. The molecule has 2 unspecified atom stereocenters. The Balaban J connectivity index is 1.68. The third-order valence-corrected chi connectivity index (χ3v) is 4.95. The summed E-state index contributed by atoms with van der Waals surface area (Å²) in [6, 6.07) is 8.46. The van der Waals surface area contributed by atoms with E-state index in [0.717, 1.165) is 35.4 Å². The maximum absolute atomic E-state index is 4.83. The van der Waals surface area contributed by atoms with Crippen molar-refractivity contribution < 1.29 is 0 Å². The molecule has 1 aliphatic carbocycles. The first-order valence-electron chi connectivity index (χ1n) is 7.80. The van der Waals surface area contributed by atoms with Gasteiger partial charge in [0.15, 0.2) is 0 Å². The molecule has 3 heterocycles. The summed E-state index contributed by atoms with van der Waals surface area (Å²) in [6.45, 7) is 2.18. The van der Waals surface area contributed by atoms with Gasteiger partial charge in [0.2, 0.25) is 0 Å². The average molecular weight is 288 g/mol.